The summed E-state index contributed by atoms with van der Waals surface area (Å²) in [5.41, 5.74) is 2.61. The standard InChI is InChI=1S/C23H28N2O4/c1-16(2)29-20-12-8-18(14-21(20)28-5)9-13-23(27)25(4)15-22(26)24-19-10-6-17(3)7-11-19/h6-14,16H,15H2,1-5H3,(H,24,26). The molecule has 0 saturated carbocycles. The van der Waals surface area contributed by atoms with Crippen molar-refractivity contribution in [2.75, 3.05) is 26.0 Å². The quantitative estimate of drug-likeness (QED) is 0.687. The maximum absolute atomic E-state index is 12.3. The van der Waals surface area contributed by atoms with Crippen LogP contribution in [0.4, 0.5) is 5.69 Å². The van der Waals surface area contributed by atoms with Crippen LogP contribution in [0.2, 0.25) is 0 Å². The summed E-state index contributed by atoms with van der Waals surface area (Å²) in [6.07, 6.45) is 3.14. The van der Waals surface area contributed by atoms with Crippen molar-refractivity contribution in [3.63, 3.8) is 0 Å². The lowest BCUT2D eigenvalue weighted by Crippen LogP contribution is -2.33. The highest BCUT2D eigenvalue weighted by molar-refractivity contribution is 5.97. The molecule has 0 bridgehead atoms. The minimum Gasteiger partial charge on any atom is -0.493 e. The number of nitrogens with zero attached hydrogens (tertiary/aromatic N) is 1. The highest BCUT2D eigenvalue weighted by atomic mass is 16.5. The number of rotatable bonds is 8. The van der Waals surface area contributed by atoms with Crippen molar-refractivity contribution in [2.45, 2.75) is 26.9 Å². The fourth-order valence-corrected chi connectivity index (χ4v) is 2.56. The third-order valence-corrected chi connectivity index (χ3v) is 4.06. The lowest BCUT2D eigenvalue weighted by Gasteiger charge is -2.15. The van der Waals surface area contributed by atoms with Gasteiger partial charge in [-0.3, -0.25) is 9.59 Å². The first-order valence-corrected chi connectivity index (χ1v) is 9.43. The molecular formula is C23H28N2O4. The van der Waals surface area contributed by atoms with E-state index in [4.69, 9.17) is 9.47 Å². The van der Waals surface area contributed by atoms with Crippen LogP contribution < -0.4 is 14.8 Å². The molecule has 0 atom stereocenters. The van der Waals surface area contributed by atoms with E-state index in [1.807, 2.05) is 57.2 Å². The van der Waals surface area contributed by atoms with Crippen LogP contribution in [-0.4, -0.2) is 43.5 Å². The minimum atomic E-state index is -0.273. The van der Waals surface area contributed by atoms with Crippen molar-refractivity contribution in [1.29, 1.82) is 0 Å². The first kappa shape index (κ1) is 22.0. The lowest BCUT2D eigenvalue weighted by molar-refractivity contribution is -0.129. The van der Waals surface area contributed by atoms with E-state index in [1.54, 1.807) is 26.3 Å². The fourth-order valence-electron chi connectivity index (χ4n) is 2.56. The summed E-state index contributed by atoms with van der Waals surface area (Å²) in [7, 11) is 3.16. The molecule has 0 spiro atoms. The van der Waals surface area contributed by atoms with Crippen LogP contribution in [-0.2, 0) is 9.59 Å². The largest absolute Gasteiger partial charge is 0.493 e. The Morgan fingerprint density at radius 3 is 2.41 bits per heavy atom. The van der Waals surface area contributed by atoms with Gasteiger partial charge in [-0.1, -0.05) is 23.8 Å². The van der Waals surface area contributed by atoms with Gasteiger partial charge < -0.3 is 19.7 Å². The number of carbonyl (C=O) groups excluding carboxylic acids is 2. The highest BCUT2D eigenvalue weighted by Gasteiger charge is 2.11. The second-order valence-corrected chi connectivity index (χ2v) is 7.02. The SMILES string of the molecule is COc1cc(C=CC(=O)N(C)CC(=O)Nc2ccc(C)cc2)ccc1OC(C)C. The molecule has 6 nitrogen and oxygen atoms in total. The number of carbonyl (C=O) groups is 2. The van der Waals surface area contributed by atoms with Crippen LogP contribution in [0.5, 0.6) is 11.5 Å². The molecule has 0 radical (unpaired) electrons. The fraction of sp³-hybridized carbons (Fsp3) is 0.304. The van der Waals surface area contributed by atoms with Crippen molar-refractivity contribution in [2.24, 2.45) is 0 Å². The molecule has 2 rings (SSSR count). The molecule has 29 heavy (non-hydrogen) atoms. The molecule has 2 amide bonds. The monoisotopic (exact) mass is 396 g/mol. The molecule has 0 heterocycles. The summed E-state index contributed by atoms with van der Waals surface area (Å²) in [6, 6.07) is 12.9. The van der Waals surface area contributed by atoms with E-state index in [0.717, 1.165) is 11.1 Å². The summed E-state index contributed by atoms with van der Waals surface area (Å²) in [4.78, 5) is 25.8. The first-order valence-electron chi connectivity index (χ1n) is 9.43. The Bertz CT molecular complexity index is 873. The molecule has 0 unspecified atom stereocenters. The van der Waals surface area contributed by atoms with E-state index in [1.165, 1.54) is 11.0 Å². The Morgan fingerprint density at radius 2 is 1.79 bits per heavy atom. The van der Waals surface area contributed by atoms with E-state index in [0.29, 0.717) is 17.2 Å². The second-order valence-electron chi connectivity index (χ2n) is 7.02. The van der Waals surface area contributed by atoms with Crippen LogP contribution in [0.3, 0.4) is 0 Å². The van der Waals surface area contributed by atoms with Crippen LogP contribution >= 0.6 is 0 Å². The zero-order chi connectivity index (χ0) is 21.4. The van der Waals surface area contributed by atoms with Gasteiger partial charge in [0.1, 0.15) is 0 Å². The Labute approximate surface area is 172 Å². The number of benzene rings is 2. The molecule has 0 aliphatic rings. The smallest absolute Gasteiger partial charge is 0.246 e. The summed E-state index contributed by atoms with van der Waals surface area (Å²) in [5, 5.41) is 2.78. The number of aryl methyl sites for hydroxylation is 1. The molecule has 0 aromatic heterocycles. The summed E-state index contributed by atoms with van der Waals surface area (Å²) < 4.78 is 11.0. The number of amides is 2. The Hall–Kier alpha value is -3.28. The normalized spacial score (nSPS) is 10.8. The van der Waals surface area contributed by atoms with Crippen LogP contribution in [0.25, 0.3) is 6.08 Å². The van der Waals surface area contributed by atoms with Crippen molar-refractivity contribution in [1.82, 2.24) is 4.90 Å². The van der Waals surface area contributed by atoms with E-state index in [-0.39, 0.29) is 24.5 Å². The maximum Gasteiger partial charge on any atom is 0.246 e. The summed E-state index contributed by atoms with van der Waals surface area (Å²) in [6.45, 7) is 5.82. The number of ether oxygens (including phenoxy) is 2. The molecule has 0 saturated heterocycles. The highest BCUT2D eigenvalue weighted by Crippen LogP contribution is 2.29. The predicted octanol–water partition coefficient (Wildman–Crippen LogP) is 3.90. The van der Waals surface area contributed by atoms with E-state index < -0.39 is 0 Å². The van der Waals surface area contributed by atoms with Gasteiger partial charge in [0.2, 0.25) is 11.8 Å². The third-order valence-electron chi connectivity index (χ3n) is 4.06. The van der Waals surface area contributed by atoms with Gasteiger partial charge in [-0.05, 0) is 56.7 Å². The van der Waals surface area contributed by atoms with Gasteiger partial charge >= 0.3 is 0 Å². The number of methoxy groups -OCH3 is 1. The van der Waals surface area contributed by atoms with E-state index >= 15 is 0 Å². The molecule has 2 aromatic rings. The van der Waals surface area contributed by atoms with Gasteiger partial charge in [-0.15, -0.1) is 0 Å². The van der Waals surface area contributed by atoms with Gasteiger partial charge in [-0.2, -0.15) is 0 Å². The lowest BCUT2D eigenvalue weighted by atomic mass is 10.2. The number of nitrogens with one attached hydrogen (secondary N) is 1. The Morgan fingerprint density at radius 1 is 1.10 bits per heavy atom. The molecule has 0 fully saturated rings. The zero-order valence-corrected chi connectivity index (χ0v) is 17.6. The number of hydrogen-bond acceptors (Lipinski definition) is 4. The Balaban J connectivity index is 1.95. The van der Waals surface area contributed by atoms with E-state index in [2.05, 4.69) is 5.32 Å². The van der Waals surface area contributed by atoms with Crippen molar-refractivity contribution < 1.29 is 19.1 Å². The van der Waals surface area contributed by atoms with Crippen LogP contribution in [0.15, 0.2) is 48.5 Å². The molecule has 154 valence electrons. The molecule has 1 N–H and O–H groups in total. The topological polar surface area (TPSA) is 67.9 Å². The Kier molecular flexibility index (Phi) is 7.83. The third kappa shape index (κ3) is 6.99. The van der Waals surface area contributed by atoms with Crippen molar-refractivity contribution >= 4 is 23.6 Å². The van der Waals surface area contributed by atoms with E-state index in [9.17, 15) is 9.59 Å². The predicted molar refractivity (Wildman–Crippen MR) is 115 cm³/mol. The van der Waals surface area contributed by atoms with Gasteiger partial charge in [-0.25, -0.2) is 0 Å². The molecule has 6 heteroatoms. The van der Waals surface area contributed by atoms with Crippen molar-refractivity contribution in [3.8, 4) is 11.5 Å². The number of hydrogen-bond donors (Lipinski definition) is 1. The maximum atomic E-state index is 12.3. The molecule has 2 aromatic carbocycles. The second kappa shape index (κ2) is 10.3. The van der Waals surface area contributed by atoms with Crippen LogP contribution in [0, 0.1) is 6.92 Å². The zero-order valence-electron chi connectivity index (χ0n) is 17.6. The average molecular weight is 396 g/mol. The van der Waals surface area contributed by atoms with Crippen molar-refractivity contribution in [3.05, 3.63) is 59.7 Å². The summed E-state index contributed by atoms with van der Waals surface area (Å²) >= 11 is 0. The summed E-state index contributed by atoms with van der Waals surface area (Å²) in [5.74, 6) is 0.718. The molecular weight excluding hydrogens is 368 g/mol. The average Bonchev–Trinajstić information content (AvgIpc) is 2.68. The number of anilines is 1. The van der Waals surface area contributed by atoms with Gasteiger partial charge in [0.15, 0.2) is 11.5 Å². The van der Waals surface area contributed by atoms with Gasteiger partial charge in [0.25, 0.3) is 0 Å². The minimum absolute atomic E-state index is 0.0339. The van der Waals surface area contributed by atoms with Gasteiger partial charge in [0.05, 0.1) is 19.8 Å². The van der Waals surface area contributed by atoms with Gasteiger partial charge in [0, 0.05) is 18.8 Å². The molecule has 0 aliphatic carbocycles. The molecule has 0 aliphatic heterocycles. The number of likely N-dealkylation sites (N-methyl/N-ethyl adjacent to an activating group) is 1. The van der Waals surface area contributed by atoms with Crippen LogP contribution in [0.1, 0.15) is 25.0 Å². The first-order chi connectivity index (χ1) is 13.8.